The quantitative estimate of drug-likeness (QED) is 0.767. The van der Waals surface area contributed by atoms with Crippen LogP contribution >= 0.6 is 23.1 Å². The highest BCUT2D eigenvalue weighted by Crippen LogP contribution is 2.32. The summed E-state index contributed by atoms with van der Waals surface area (Å²) in [7, 11) is -1.88. The minimum absolute atomic E-state index is 0.424. The Labute approximate surface area is 126 Å². The van der Waals surface area contributed by atoms with Crippen molar-refractivity contribution in [2.45, 2.75) is 12.3 Å². The molecule has 1 atom stereocenters. The highest BCUT2D eigenvalue weighted by molar-refractivity contribution is 8.01. The molecule has 0 amide bonds. The third kappa shape index (κ3) is 3.09. The van der Waals surface area contributed by atoms with E-state index in [4.69, 9.17) is 4.74 Å². The molecule has 6 nitrogen and oxygen atoms in total. The summed E-state index contributed by atoms with van der Waals surface area (Å²) >= 11 is 2.80. The number of rotatable bonds is 3. The number of sulfone groups is 1. The van der Waals surface area contributed by atoms with Crippen molar-refractivity contribution in [2.75, 3.05) is 36.3 Å². The highest BCUT2D eigenvalue weighted by atomic mass is 32.2. The van der Waals surface area contributed by atoms with Gasteiger partial charge in [0.2, 0.25) is 0 Å². The average Bonchev–Trinajstić information content (AvgIpc) is 2.79. The number of anilines is 1. The lowest BCUT2D eigenvalue weighted by molar-refractivity contribution is 0.0605. The van der Waals surface area contributed by atoms with E-state index in [9.17, 15) is 13.2 Å². The lowest BCUT2D eigenvalue weighted by atomic mass is 10.4. The molecule has 0 aliphatic carbocycles. The average molecular weight is 336 g/mol. The lowest BCUT2D eigenvalue weighted by Crippen LogP contribution is -2.47. The summed E-state index contributed by atoms with van der Waals surface area (Å²) in [6, 6.07) is 0. The number of aromatic nitrogens is 1. The van der Waals surface area contributed by atoms with E-state index in [1.807, 2.05) is 0 Å². The molecule has 1 unspecified atom stereocenters. The van der Waals surface area contributed by atoms with E-state index >= 15 is 0 Å². The van der Waals surface area contributed by atoms with Crippen molar-refractivity contribution in [3.63, 3.8) is 0 Å². The van der Waals surface area contributed by atoms with Gasteiger partial charge in [-0.05, 0) is 6.92 Å². The fraction of sp³-hybridized carbons (Fsp3) is 0.636. The minimum Gasteiger partial charge on any atom is -0.465 e. The Morgan fingerprint density at radius 1 is 1.50 bits per heavy atom. The number of carbonyl (C=O) groups excluding carboxylic acids is 1. The van der Waals surface area contributed by atoms with E-state index in [-0.39, 0.29) is 0 Å². The molecule has 1 aliphatic rings. The number of hydrogen-bond donors (Lipinski definition) is 0. The Bertz CT molecular complexity index is 611. The van der Waals surface area contributed by atoms with E-state index in [1.165, 1.54) is 24.7 Å². The molecule has 0 bridgehead atoms. The number of nitrogens with zero attached hydrogens (tertiary/aromatic N) is 2. The SMILES string of the molecule is COC(=O)c1sc(N2CCSCC2S(C)(=O)=O)nc1C. The molecule has 1 aromatic rings. The van der Waals surface area contributed by atoms with Gasteiger partial charge in [0.15, 0.2) is 15.0 Å². The molecule has 0 aromatic carbocycles. The van der Waals surface area contributed by atoms with Crippen LogP contribution in [0.25, 0.3) is 0 Å². The first-order chi connectivity index (χ1) is 9.34. The van der Waals surface area contributed by atoms with Crippen LogP contribution in [0, 0.1) is 6.92 Å². The zero-order valence-electron chi connectivity index (χ0n) is 11.5. The molecule has 1 aromatic heterocycles. The fourth-order valence-corrected chi connectivity index (χ4v) is 5.89. The second-order valence-corrected chi connectivity index (χ2v) is 8.79. The molecule has 112 valence electrons. The van der Waals surface area contributed by atoms with E-state index in [0.717, 1.165) is 5.75 Å². The predicted molar refractivity (Wildman–Crippen MR) is 81.5 cm³/mol. The van der Waals surface area contributed by atoms with Crippen LogP contribution in [0.3, 0.4) is 0 Å². The van der Waals surface area contributed by atoms with Crippen LogP contribution in [-0.2, 0) is 14.6 Å². The standard InChI is InChI=1S/C11H16N2O4S3/c1-7-9(10(14)17-2)19-11(12-7)13-4-5-18-6-8(13)20(3,15)16/h8H,4-6H2,1-3H3. The summed E-state index contributed by atoms with van der Waals surface area (Å²) in [5.41, 5.74) is 0.572. The molecule has 9 heteroatoms. The molecule has 0 saturated carbocycles. The molecular weight excluding hydrogens is 320 g/mol. The Balaban J connectivity index is 2.36. The van der Waals surface area contributed by atoms with E-state index in [0.29, 0.717) is 28.0 Å². The van der Waals surface area contributed by atoms with Gasteiger partial charge in [0.25, 0.3) is 0 Å². The van der Waals surface area contributed by atoms with Crippen molar-refractivity contribution in [3.05, 3.63) is 10.6 Å². The molecule has 20 heavy (non-hydrogen) atoms. The Hall–Kier alpha value is -0.800. The van der Waals surface area contributed by atoms with Crippen LogP contribution in [0.5, 0.6) is 0 Å². The van der Waals surface area contributed by atoms with Crippen LogP contribution in [0.15, 0.2) is 0 Å². The van der Waals surface area contributed by atoms with Gasteiger partial charge in [-0.2, -0.15) is 11.8 Å². The maximum atomic E-state index is 11.9. The number of aryl methyl sites for hydroxylation is 1. The zero-order valence-corrected chi connectivity index (χ0v) is 13.9. The van der Waals surface area contributed by atoms with Crippen molar-refractivity contribution < 1.29 is 17.9 Å². The third-order valence-electron chi connectivity index (χ3n) is 2.98. The van der Waals surface area contributed by atoms with Crippen LogP contribution < -0.4 is 4.90 Å². The molecule has 1 aliphatic heterocycles. The molecule has 2 rings (SSSR count). The van der Waals surface area contributed by atoms with Gasteiger partial charge in [-0.15, -0.1) is 0 Å². The number of ether oxygens (including phenoxy) is 1. The van der Waals surface area contributed by atoms with Crippen molar-refractivity contribution in [1.82, 2.24) is 4.98 Å². The summed E-state index contributed by atoms with van der Waals surface area (Å²) in [4.78, 5) is 18.2. The summed E-state index contributed by atoms with van der Waals surface area (Å²) in [6.45, 7) is 2.33. The second-order valence-electron chi connectivity index (χ2n) is 4.46. The van der Waals surface area contributed by atoms with E-state index in [2.05, 4.69) is 4.98 Å². The first-order valence-electron chi connectivity index (χ1n) is 5.93. The largest absolute Gasteiger partial charge is 0.465 e. The van der Waals surface area contributed by atoms with Gasteiger partial charge in [-0.25, -0.2) is 18.2 Å². The van der Waals surface area contributed by atoms with Crippen LogP contribution in [0.1, 0.15) is 15.4 Å². The fourth-order valence-electron chi connectivity index (χ4n) is 1.94. The molecular formula is C11H16N2O4S3. The molecule has 1 saturated heterocycles. The summed E-state index contributed by atoms with van der Waals surface area (Å²) in [6.07, 6.45) is 1.23. The normalized spacial score (nSPS) is 19.9. The number of esters is 1. The van der Waals surface area contributed by atoms with Gasteiger partial charge in [0.05, 0.1) is 12.8 Å². The Morgan fingerprint density at radius 3 is 2.80 bits per heavy atom. The second kappa shape index (κ2) is 5.90. The van der Waals surface area contributed by atoms with Gasteiger partial charge in [-0.3, -0.25) is 0 Å². The third-order valence-corrected chi connectivity index (χ3v) is 6.80. The number of hydrogen-bond acceptors (Lipinski definition) is 8. The Morgan fingerprint density at radius 2 is 2.20 bits per heavy atom. The Kier molecular flexibility index (Phi) is 4.60. The van der Waals surface area contributed by atoms with E-state index in [1.54, 1.807) is 23.6 Å². The van der Waals surface area contributed by atoms with Crippen molar-refractivity contribution >= 4 is 44.0 Å². The predicted octanol–water partition coefficient (Wildman–Crippen LogP) is 1.16. The van der Waals surface area contributed by atoms with Crippen molar-refractivity contribution in [2.24, 2.45) is 0 Å². The summed E-state index contributed by atoms with van der Waals surface area (Å²) in [5, 5.41) is -0.0177. The van der Waals surface area contributed by atoms with Crippen molar-refractivity contribution in [3.8, 4) is 0 Å². The maximum absolute atomic E-state index is 11.9. The number of methoxy groups -OCH3 is 1. The van der Waals surface area contributed by atoms with Crippen LogP contribution in [-0.4, -0.2) is 56.2 Å². The number of carbonyl (C=O) groups is 1. The summed E-state index contributed by atoms with van der Waals surface area (Å²) in [5.74, 6) is 0.928. The van der Waals surface area contributed by atoms with Gasteiger partial charge < -0.3 is 9.64 Å². The molecule has 0 N–H and O–H groups in total. The minimum atomic E-state index is -3.20. The number of thioether (sulfide) groups is 1. The van der Waals surface area contributed by atoms with Gasteiger partial charge in [-0.1, -0.05) is 11.3 Å². The molecule has 2 heterocycles. The smallest absolute Gasteiger partial charge is 0.350 e. The van der Waals surface area contributed by atoms with Gasteiger partial charge in [0, 0.05) is 24.3 Å². The first kappa shape index (κ1) is 15.6. The summed E-state index contributed by atoms with van der Waals surface area (Å²) < 4.78 is 28.5. The monoisotopic (exact) mass is 336 g/mol. The van der Waals surface area contributed by atoms with Crippen molar-refractivity contribution in [1.29, 1.82) is 0 Å². The van der Waals surface area contributed by atoms with Crippen LogP contribution in [0.2, 0.25) is 0 Å². The first-order valence-corrected chi connectivity index (χ1v) is 9.86. The maximum Gasteiger partial charge on any atom is 0.350 e. The number of thiazole rings is 1. The molecule has 0 spiro atoms. The van der Waals surface area contributed by atoms with Gasteiger partial charge in [0.1, 0.15) is 10.3 Å². The highest BCUT2D eigenvalue weighted by Gasteiger charge is 2.33. The van der Waals surface area contributed by atoms with Crippen LogP contribution in [0.4, 0.5) is 5.13 Å². The molecule has 0 radical (unpaired) electrons. The lowest BCUT2D eigenvalue weighted by Gasteiger charge is -2.33. The topological polar surface area (TPSA) is 76.6 Å². The van der Waals surface area contributed by atoms with E-state index < -0.39 is 21.2 Å². The zero-order chi connectivity index (χ0) is 14.9. The van der Waals surface area contributed by atoms with Gasteiger partial charge >= 0.3 is 5.97 Å². The molecule has 1 fully saturated rings.